The third-order valence-corrected chi connectivity index (χ3v) is 7.10. The summed E-state index contributed by atoms with van der Waals surface area (Å²) in [6, 6.07) is 16.7. The van der Waals surface area contributed by atoms with E-state index in [1.807, 2.05) is 6.92 Å². The first-order chi connectivity index (χ1) is 16.5. The van der Waals surface area contributed by atoms with Crippen LogP contribution in [0, 0.1) is 13.8 Å². The van der Waals surface area contributed by atoms with E-state index >= 15 is 0 Å². The van der Waals surface area contributed by atoms with Crippen molar-refractivity contribution in [3.63, 3.8) is 0 Å². The van der Waals surface area contributed by atoms with Crippen molar-refractivity contribution in [2.45, 2.75) is 25.3 Å². The zero-order chi connectivity index (χ0) is 25.8. The van der Waals surface area contributed by atoms with E-state index in [9.17, 15) is 22.8 Å². The SMILES string of the molecule is Cc1ccc(S(=O)(=O)N(CC(=O)NCc2cccc(C(=O)O)c2)c2cccc(C)c2C(N)=O)cc1. The minimum Gasteiger partial charge on any atom is -0.478 e. The van der Waals surface area contributed by atoms with Crippen molar-refractivity contribution < 1.29 is 27.9 Å². The first-order valence-corrected chi connectivity index (χ1v) is 12.0. The molecule has 9 nitrogen and oxygen atoms in total. The van der Waals surface area contributed by atoms with Gasteiger partial charge in [0.15, 0.2) is 0 Å². The Labute approximate surface area is 203 Å². The molecular weight excluding hydrogens is 470 g/mol. The van der Waals surface area contributed by atoms with Crippen LogP contribution in [0.15, 0.2) is 71.6 Å². The van der Waals surface area contributed by atoms with Crippen molar-refractivity contribution in [2.75, 3.05) is 10.8 Å². The van der Waals surface area contributed by atoms with E-state index in [0.717, 1.165) is 9.87 Å². The molecule has 10 heteroatoms. The second kappa shape index (κ2) is 10.4. The molecule has 0 aliphatic carbocycles. The first kappa shape index (κ1) is 25.4. The van der Waals surface area contributed by atoms with Crippen molar-refractivity contribution in [2.24, 2.45) is 5.73 Å². The van der Waals surface area contributed by atoms with Crippen molar-refractivity contribution in [3.05, 3.63) is 94.5 Å². The quantitative estimate of drug-likeness (QED) is 0.416. The van der Waals surface area contributed by atoms with Crippen LogP contribution < -0.4 is 15.4 Å². The number of nitrogens with one attached hydrogen (secondary N) is 1. The van der Waals surface area contributed by atoms with Gasteiger partial charge in [-0.25, -0.2) is 13.2 Å². The second-order valence-electron chi connectivity index (χ2n) is 7.94. The molecular formula is C25H25N3O6S. The molecule has 35 heavy (non-hydrogen) atoms. The molecule has 2 amide bonds. The van der Waals surface area contributed by atoms with Crippen molar-refractivity contribution >= 4 is 33.5 Å². The number of aryl methyl sites for hydroxylation is 2. The Balaban J connectivity index is 1.97. The number of benzene rings is 3. The predicted molar refractivity (Wildman–Crippen MR) is 131 cm³/mol. The molecule has 0 fully saturated rings. The van der Waals surface area contributed by atoms with Crippen molar-refractivity contribution in [1.82, 2.24) is 5.32 Å². The van der Waals surface area contributed by atoms with Gasteiger partial charge in [0.1, 0.15) is 6.54 Å². The number of carboxylic acid groups (broad SMARTS) is 1. The molecule has 0 aliphatic rings. The van der Waals surface area contributed by atoms with Gasteiger partial charge in [-0.1, -0.05) is 42.0 Å². The average molecular weight is 496 g/mol. The fourth-order valence-electron chi connectivity index (χ4n) is 3.52. The Morgan fingerprint density at radius 2 is 1.63 bits per heavy atom. The van der Waals surface area contributed by atoms with E-state index in [2.05, 4.69) is 5.32 Å². The average Bonchev–Trinajstić information content (AvgIpc) is 2.81. The number of rotatable bonds is 9. The van der Waals surface area contributed by atoms with E-state index < -0.39 is 34.4 Å². The van der Waals surface area contributed by atoms with Gasteiger partial charge in [0.05, 0.1) is 21.7 Å². The second-order valence-corrected chi connectivity index (χ2v) is 9.80. The molecule has 182 valence electrons. The predicted octanol–water partition coefficient (Wildman–Crippen LogP) is 2.61. The number of nitrogens with two attached hydrogens (primary N) is 1. The number of carbonyl (C=O) groups is 3. The van der Waals surface area contributed by atoms with Crippen LogP contribution in [-0.2, 0) is 21.4 Å². The zero-order valence-electron chi connectivity index (χ0n) is 19.2. The third kappa shape index (κ3) is 5.85. The van der Waals surface area contributed by atoms with Gasteiger partial charge in [-0.05, 0) is 55.3 Å². The molecule has 0 aliphatic heterocycles. The molecule has 0 saturated carbocycles. The smallest absolute Gasteiger partial charge is 0.335 e. The van der Waals surface area contributed by atoms with Gasteiger partial charge in [-0.2, -0.15) is 0 Å². The fraction of sp³-hybridized carbons (Fsp3) is 0.160. The molecule has 0 heterocycles. The Bertz CT molecular complexity index is 1380. The van der Waals surface area contributed by atoms with Gasteiger partial charge < -0.3 is 16.2 Å². The molecule has 4 N–H and O–H groups in total. The minimum atomic E-state index is -4.25. The van der Waals surface area contributed by atoms with Crippen LogP contribution in [0.5, 0.6) is 0 Å². The molecule has 0 atom stereocenters. The zero-order valence-corrected chi connectivity index (χ0v) is 20.0. The van der Waals surface area contributed by atoms with Crippen molar-refractivity contribution in [1.29, 1.82) is 0 Å². The lowest BCUT2D eigenvalue weighted by Gasteiger charge is -2.26. The Morgan fingerprint density at radius 1 is 0.971 bits per heavy atom. The number of hydrogen-bond acceptors (Lipinski definition) is 5. The summed E-state index contributed by atoms with van der Waals surface area (Å²) in [5, 5.41) is 11.7. The summed E-state index contributed by atoms with van der Waals surface area (Å²) < 4.78 is 28.0. The van der Waals surface area contributed by atoms with Gasteiger partial charge in [0.25, 0.3) is 15.9 Å². The summed E-state index contributed by atoms with van der Waals surface area (Å²) in [5.41, 5.74) is 7.43. The number of aromatic carboxylic acids is 1. The Hall–Kier alpha value is -4.18. The number of carboxylic acids is 1. The van der Waals surface area contributed by atoms with Crippen LogP contribution in [0.2, 0.25) is 0 Å². The lowest BCUT2D eigenvalue weighted by atomic mass is 10.1. The maximum atomic E-state index is 13.6. The van der Waals surface area contributed by atoms with Crippen molar-refractivity contribution in [3.8, 4) is 0 Å². The molecule has 0 radical (unpaired) electrons. The van der Waals surface area contributed by atoms with Crippen LogP contribution in [0.25, 0.3) is 0 Å². The number of amides is 2. The highest BCUT2D eigenvalue weighted by Crippen LogP contribution is 2.29. The Kier molecular flexibility index (Phi) is 7.55. The van der Waals surface area contributed by atoms with E-state index in [1.165, 1.54) is 30.3 Å². The van der Waals surface area contributed by atoms with Crippen LogP contribution >= 0.6 is 0 Å². The molecule has 0 spiro atoms. The van der Waals surface area contributed by atoms with E-state index in [0.29, 0.717) is 11.1 Å². The van der Waals surface area contributed by atoms with E-state index in [1.54, 1.807) is 43.3 Å². The summed E-state index contributed by atoms with van der Waals surface area (Å²) >= 11 is 0. The lowest BCUT2D eigenvalue weighted by molar-refractivity contribution is -0.119. The van der Waals surface area contributed by atoms with Gasteiger partial charge in [-0.3, -0.25) is 13.9 Å². The molecule has 3 rings (SSSR count). The number of nitrogens with zero attached hydrogens (tertiary/aromatic N) is 1. The molecule has 0 saturated heterocycles. The summed E-state index contributed by atoms with van der Waals surface area (Å²) in [7, 11) is -4.25. The Morgan fingerprint density at radius 3 is 2.26 bits per heavy atom. The maximum absolute atomic E-state index is 13.6. The molecule has 0 aromatic heterocycles. The molecule has 3 aromatic carbocycles. The summed E-state index contributed by atoms with van der Waals surface area (Å²) in [6.07, 6.45) is 0. The van der Waals surface area contributed by atoms with Crippen LogP contribution in [-0.4, -0.2) is 37.9 Å². The molecule has 3 aromatic rings. The van der Waals surface area contributed by atoms with Crippen LogP contribution in [0.3, 0.4) is 0 Å². The number of primary amides is 1. The third-order valence-electron chi connectivity index (χ3n) is 5.33. The highest BCUT2D eigenvalue weighted by Gasteiger charge is 2.30. The summed E-state index contributed by atoms with van der Waals surface area (Å²) in [4.78, 5) is 36.2. The maximum Gasteiger partial charge on any atom is 0.335 e. The molecule has 0 unspecified atom stereocenters. The van der Waals surface area contributed by atoms with Gasteiger partial charge >= 0.3 is 5.97 Å². The minimum absolute atomic E-state index is 0.00912. The van der Waals surface area contributed by atoms with Crippen LogP contribution in [0.1, 0.15) is 37.4 Å². The van der Waals surface area contributed by atoms with E-state index in [4.69, 9.17) is 10.8 Å². The summed E-state index contributed by atoms with van der Waals surface area (Å²) in [5.74, 6) is -2.58. The largest absolute Gasteiger partial charge is 0.478 e. The monoisotopic (exact) mass is 495 g/mol. The first-order valence-electron chi connectivity index (χ1n) is 10.6. The standard InChI is InChI=1S/C25H25N3O6S/c1-16-9-11-20(12-10-16)35(33,34)28(21-8-3-5-17(2)23(21)24(26)30)15-22(29)27-14-18-6-4-7-19(13-18)25(31)32/h3-13H,14-15H2,1-2H3,(H2,26,30)(H,27,29)(H,31,32). The number of sulfonamides is 1. The lowest BCUT2D eigenvalue weighted by Crippen LogP contribution is -2.41. The number of anilines is 1. The number of carbonyl (C=O) groups excluding carboxylic acids is 2. The number of hydrogen-bond donors (Lipinski definition) is 3. The fourth-order valence-corrected chi connectivity index (χ4v) is 4.95. The van der Waals surface area contributed by atoms with Gasteiger partial charge in [-0.15, -0.1) is 0 Å². The van der Waals surface area contributed by atoms with E-state index in [-0.39, 0.29) is 28.3 Å². The van der Waals surface area contributed by atoms with Crippen LogP contribution in [0.4, 0.5) is 5.69 Å². The summed E-state index contributed by atoms with van der Waals surface area (Å²) in [6.45, 7) is 2.79. The topological polar surface area (TPSA) is 147 Å². The normalized spacial score (nSPS) is 11.0. The highest BCUT2D eigenvalue weighted by molar-refractivity contribution is 7.92. The van der Waals surface area contributed by atoms with Gasteiger partial charge in [0, 0.05) is 6.54 Å². The molecule has 0 bridgehead atoms. The van der Waals surface area contributed by atoms with Gasteiger partial charge in [0.2, 0.25) is 5.91 Å². The highest BCUT2D eigenvalue weighted by atomic mass is 32.2.